The Balaban J connectivity index is 1.98. The van der Waals surface area contributed by atoms with Crippen molar-refractivity contribution < 1.29 is 4.74 Å². The number of benzene rings is 1. The summed E-state index contributed by atoms with van der Waals surface area (Å²) >= 11 is 5.58. The summed E-state index contributed by atoms with van der Waals surface area (Å²) in [6.45, 7) is 2.03. The summed E-state index contributed by atoms with van der Waals surface area (Å²) in [5.74, 6) is 0.634. The van der Waals surface area contributed by atoms with Gasteiger partial charge in [-0.05, 0) is 12.5 Å². The number of ether oxygens (including phenoxy) is 1. The van der Waals surface area contributed by atoms with E-state index in [2.05, 4.69) is 10.3 Å². The molecule has 0 fully saturated rings. The van der Waals surface area contributed by atoms with Gasteiger partial charge < -0.3 is 15.8 Å². The fourth-order valence-electron chi connectivity index (χ4n) is 1.86. The Hall–Kier alpha value is -1.52. The van der Waals surface area contributed by atoms with E-state index in [4.69, 9.17) is 22.1 Å². The first-order valence-electron chi connectivity index (χ1n) is 6.33. The number of anilines is 2. The largest absolute Gasteiger partial charge is 0.396 e. The first-order chi connectivity index (χ1) is 9.33. The summed E-state index contributed by atoms with van der Waals surface area (Å²) in [5, 5.41) is 4.34. The summed E-state index contributed by atoms with van der Waals surface area (Å²) in [6.07, 6.45) is 2.56. The van der Waals surface area contributed by atoms with E-state index in [0.717, 1.165) is 23.0 Å². The molecule has 2 aromatic rings. The molecule has 1 aromatic carbocycles. The summed E-state index contributed by atoms with van der Waals surface area (Å²) < 4.78 is 5.44. The maximum atomic E-state index is 5.97. The number of hydrogen-bond acceptors (Lipinski definition) is 4. The Kier molecular flexibility index (Phi) is 5.24. The third kappa shape index (κ3) is 3.72. The van der Waals surface area contributed by atoms with Crippen molar-refractivity contribution in [3.05, 3.63) is 30.5 Å². The lowest BCUT2D eigenvalue weighted by Crippen LogP contribution is -2.12. The SMILES string of the molecule is Nc1cnc2ccccc2c1NCCOCCCCl. The summed E-state index contributed by atoms with van der Waals surface area (Å²) in [7, 11) is 0. The number of hydrogen-bond donors (Lipinski definition) is 2. The molecule has 0 aliphatic heterocycles. The minimum atomic E-state index is 0.632. The minimum Gasteiger partial charge on any atom is -0.396 e. The number of nitrogen functional groups attached to an aromatic ring is 1. The van der Waals surface area contributed by atoms with Crippen LogP contribution in [0.1, 0.15) is 6.42 Å². The number of nitrogens with two attached hydrogens (primary N) is 1. The van der Waals surface area contributed by atoms with Gasteiger partial charge >= 0.3 is 0 Å². The third-order valence-electron chi connectivity index (χ3n) is 2.78. The highest BCUT2D eigenvalue weighted by atomic mass is 35.5. The van der Waals surface area contributed by atoms with Crippen molar-refractivity contribution in [3.8, 4) is 0 Å². The van der Waals surface area contributed by atoms with Crippen LogP contribution in [-0.2, 0) is 4.74 Å². The number of rotatable bonds is 7. The maximum absolute atomic E-state index is 5.97. The molecule has 0 saturated heterocycles. The van der Waals surface area contributed by atoms with Crippen molar-refractivity contribution in [2.24, 2.45) is 0 Å². The highest BCUT2D eigenvalue weighted by molar-refractivity contribution is 6.17. The molecule has 2 rings (SSSR count). The molecule has 0 unspecified atom stereocenters. The number of aromatic nitrogens is 1. The highest BCUT2D eigenvalue weighted by Crippen LogP contribution is 2.27. The van der Waals surface area contributed by atoms with Crippen molar-refractivity contribution in [2.75, 3.05) is 36.7 Å². The zero-order chi connectivity index (χ0) is 13.5. The number of para-hydroxylation sites is 1. The van der Waals surface area contributed by atoms with Gasteiger partial charge in [0.05, 0.1) is 29.7 Å². The Bertz CT molecular complexity index is 533. The van der Waals surface area contributed by atoms with E-state index in [9.17, 15) is 0 Å². The lowest BCUT2D eigenvalue weighted by atomic mass is 10.1. The molecule has 1 heterocycles. The monoisotopic (exact) mass is 279 g/mol. The molecule has 0 aliphatic rings. The van der Waals surface area contributed by atoms with Gasteiger partial charge in [-0.3, -0.25) is 4.98 Å². The smallest absolute Gasteiger partial charge is 0.0743 e. The van der Waals surface area contributed by atoms with Crippen LogP contribution in [0, 0.1) is 0 Å². The Labute approximate surface area is 117 Å². The van der Waals surface area contributed by atoms with E-state index in [1.54, 1.807) is 6.20 Å². The average Bonchev–Trinajstić information content (AvgIpc) is 2.44. The predicted molar refractivity (Wildman–Crippen MR) is 80.8 cm³/mol. The second-order valence-corrected chi connectivity index (χ2v) is 4.57. The highest BCUT2D eigenvalue weighted by Gasteiger charge is 2.05. The number of nitrogens with one attached hydrogen (secondary N) is 1. The second-order valence-electron chi connectivity index (χ2n) is 4.19. The van der Waals surface area contributed by atoms with Gasteiger partial charge in [-0.25, -0.2) is 0 Å². The Morgan fingerprint density at radius 3 is 2.95 bits per heavy atom. The molecule has 0 atom stereocenters. The molecule has 0 aliphatic carbocycles. The molecule has 3 N–H and O–H groups in total. The number of pyridine rings is 1. The molecule has 0 radical (unpaired) electrons. The van der Waals surface area contributed by atoms with Crippen LogP contribution in [0.2, 0.25) is 0 Å². The van der Waals surface area contributed by atoms with Gasteiger partial charge in [0.15, 0.2) is 0 Å². The predicted octanol–water partition coefficient (Wildman–Crippen LogP) is 2.87. The lowest BCUT2D eigenvalue weighted by Gasteiger charge is -2.12. The molecular weight excluding hydrogens is 262 g/mol. The molecular formula is C14H18ClN3O. The molecule has 0 spiro atoms. The Morgan fingerprint density at radius 2 is 2.11 bits per heavy atom. The van der Waals surface area contributed by atoms with E-state index in [1.807, 2.05) is 24.3 Å². The minimum absolute atomic E-state index is 0.632. The number of halogens is 1. The van der Waals surface area contributed by atoms with Gasteiger partial charge in [-0.1, -0.05) is 18.2 Å². The molecule has 0 amide bonds. The van der Waals surface area contributed by atoms with E-state index in [1.165, 1.54) is 0 Å². The van der Waals surface area contributed by atoms with E-state index in [0.29, 0.717) is 31.3 Å². The quantitative estimate of drug-likeness (QED) is 0.604. The van der Waals surface area contributed by atoms with Crippen molar-refractivity contribution in [3.63, 3.8) is 0 Å². The topological polar surface area (TPSA) is 60.2 Å². The summed E-state index contributed by atoms with van der Waals surface area (Å²) in [5.41, 5.74) is 8.47. The molecule has 1 aromatic heterocycles. The lowest BCUT2D eigenvalue weighted by molar-refractivity contribution is 0.145. The van der Waals surface area contributed by atoms with Gasteiger partial charge in [0.25, 0.3) is 0 Å². The van der Waals surface area contributed by atoms with Crippen molar-refractivity contribution in [1.82, 2.24) is 4.98 Å². The molecule has 0 bridgehead atoms. The van der Waals surface area contributed by atoms with E-state index >= 15 is 0 Å². The fraction of sp³-hybridized carbons (Fsp3) is 0.357. The molecule has 19 heavy (non-hydrogen) atoms. The first-order valence-corrected chi connectivity index (χ1v) is 6.87. The summed E-state index contributed by atoms with van der Waals surface area (Å²) in [4.78, 5) is 4.30. The van der Waals surface area contributed by atoms with Crippen LogP contribution in [-0.4, -0.2) is 30.6 Å². The number of nitrogens with zero attached hydrogens (tertiary/aromatic N) is 1. The van der Waals surface area contributed by atoms with Gasteiger partial charge in [0.2, 0.25) is 0 Å². The van der Waals surface area contributed by atoms with E-state index < -0.39 is 0 Å². The molecule has 5 heteroatoms. The molecule has 0 saturated carbocycles. The van der Waals surface area contributed by atoms with Crippen molar-refractivity contribution >= 4 is 33.9 Å². The Morgan fingerprint density at radius 1 is 1.26 bits per heavy atom. The average molecular weight is 280 g/mol. The fourth-order valence-corrected chi connectivity index (χ4v) is 1.97. The van der Waals surface area contributed by atoms with Crippen LogP contribution in [0.5, 0.6) is 0 Å². The number of fused-ring (bicyclic) bond motifs is 1. The normalized spacial score (nSPS) is 10.8. The molecule has 102 valence electrons. The second kappa shape index (κ2) is 7.16. The van der Waals surface area contributed by atoms with Crippen LogP contribution in [0.4, 0.5) is 11.4 Å². The van der Waals surface area contributed by atoms with Gasteiger partial charge in [0.1, 0.15) is 0 Å². The van der Waals surface area contributed by atoms with Gasteiger partial charge in [0, 0.05) is 24.4 Å². The van der Waals surface area contributed by atoms with Gasteiger partial charge in [-0.2, -0.15) is 0 Å². The van der Waals surface area contributed by atoms with Crippen LogP contribution in [0.25, 0.3) is 10.9 Å². The molecule has 4 nitrogen and oxygen atoms in total. The zero-order valence-corrected chi connectivity index (χ0v) is 11.5. The van der Waals surface area contributed by atoms with Crippen LogP contribution in [0.15, 0.2) is 30.5 Å². The number of alkyl halides is 1. The third-order valence-corrected chi connectivity index (χ3v) is 3.04. The van der Waals surface area contributed by atoms with Crippen LogP contribution < -0.4 is 11.1 Å². The zero-order valence-electron chi connectivity index (χ0n) is 10.7. The summed E-state index contributed by atoms with van der Waals surface area (Å²) in [6, 6.07) is 7.92. The standard InChI is InChI=1S/C14H18ClN3O/c15-6-3-8-19-9-7-17-14-11-4-1-2-5-13(11)18-10-12(14)16/h1-2,4-5,10H,3,6-9,16H2,(H,17,18). The van der Waals surface area contributed by atoms with E-state index in [-0.39, 0.29) is 0 Å². The first kappa shape index (κ1) is 13.9. The van der Waals surface area contributed by atoms with Crippen LogP contribution in [0.3, 0.4) is 0 Å². The van der Waals surface area contributed by atoms with Gasteiger partial charge in [-0.15, -0.1) is 11.6 Å². The van der Waals surface area contributed by atoms with Crippen molar-refractivity contribution in [1.29, 1.82) is 0 Å². The van der Waals surface area contributed by atoms with Crippen LogP contribution >= 0.6 is 11.6 Å². The maximum Gasteiger partial charge on any atom is 0.0743 e. The van der Waals surface area contributed by atoms with Crippen molar-refractivity contribution in [2.45, 2.75) is 6.42 Å².